The fourth-order valence-corrected chi connectivity index (χ4v) is 1.56. The largest absolute Gasteiger partial charge is 0.477 e. The minimum absolute atomic E-state index is 0.124. The number of nitrogens with two attached hydrogens (primary N) is 1. The highest BCUT2D eigenvalue weighted by Gasteiger charge is 2.19. The number of fused-ring (bicyclic) bond motifs is 1. The Morgan fingerprint density at radius 1 is 1.75 bits per heavy atom. The summed E-state index contributed by atoms with van der Waals surface area (Å²) in [5.74, 6) is 0.976. The number of hydrogen-bond donors (Lipinski definition) is 1. The van der Waals surface area contributed by atoms with Gasteiger partial charge in [0, 0.05) is 17.8 Å². The van der Waals surface area contributed by atoms with E-state index in [1.54, 1.807) is 0 Å². The molecule has 0 saturated heterocycles. The third-order valence-electron chi connectivity index (χ3n) is 2.35. The quantitative estimate of drug-likeness (QED) is 0.719. The molecule has 0 amide bonds. The number of nitrogens with zero attached hydrogens (tertiary/aromatic N) is 1. The van der Waals surface area contributed by atoms with Crippen LogP contribution in [0.25, 0.3) is 0 Å². The Kier molecular flexibility index (Phi) is 1.81. The minimum atomic E-state index is 0.124. The molecular weight excluding hydrogens is 152 g/mol. The number of hydrogen-bond acceptors (Lipinski definition) is 2. The lowest BCUT2D eigenvalue weighted by Crippen LogP contribution is -2.08. The van der Waals surface area contributed by atoms with E-state index in [9.17, 15) is 0 Å². The van der Waals surface area contributed by atoms with Gasteiger partial charge in [0.15, 0.2) is 5.88 Å². The zero-order valence-corrected chi connectivity index (χ0v) is 7.29. The van der Waals surface area contributed by atoms with Gasteiger partial charge in [0.1, 0.15) is 6.61 Å². The predicted octanol–water partition coefficient (Wildman–Crippen LogP) is 1.29. The molecule has 1 aromatic heterocycles. The maximum atomic E-state index is 5.92. The van der Waals surface area contributed by atoms with Gasteiger partial charge in [-0.15, -0.1) is 0 Å². The molecule has 0 radical (unpaired) electrons. The average Bonchev–Trinajstić information content (AvgIpc) is 2.62. The van der Waals surface area contributed by atoms with Gasteiger partial charge in [0.2, 0.25) is 0 Å². The third-order valence-corrected chi connectivity index (χ3v) is 2.35. The van der Waals surface area contributed by atoms with Crippen LogP contribution in [-0.4, -0.2) is 11.2 Å². The van der Waals surface area contributed by atoms with Crippen molar-refractivity contribution >= 4 is 0 Å². The van der Waals surface area contributed by atoms with Crippen molar-refractivity contribution in [3.63, 3.8) is 0 Å². The Bertz CT molecular complexity index is 280. The maximum Gasteiger partial charge on any atom is 0.198 e. The molecule has 1 atom stereocenters. The summed E-state index contributed by atoms with van der Waals surface area (Å²) in [5.41, 5.74) is 7.07. The molecule has 0 fully saturated rings. The van der Waals surface area contributed by atoms with Gasteiger partial charge < -0.3 is 15.0 Å². The Hall–Kier alpha value is -0.960. The summed E-state index contributed by atoms with van der Waals surface area (Å²) in [6.45, 7) is 3.84. The third kappa shape index (κ3) is 1.01. The highest BCUT2D eigenvalue weighted by molar-refractivity contribution is 5.32. The molecule has 2 N–H and O–H groups in total. The van der Waals surface area contributed by atoms with Crippen molar-refractivity contribution in [3.05, 3.63) is 17.8 Å². The Morgan fingerprint density at radius 2 is 2.58 bits per heavy atom. The first-order valence-electron chi connectivity index (χ1n) is 4.40. The lowest BCUT2D eigenvalue weighted by molar-refractivity contribution is 0.351. The highest BCUT2D eigenvalue weighted by atomic mass is 16.5. The van der Waals surface area contributed by atoms with Gasteiger partial charge >= 0.3 is 0 Å². The van der Waals surface area contributed by atoms with Crippen LogP contribution in [0.3, 0.4) is 0 Å². The maximum absolute atomic E-state index is 5.92. The van der Waals surface area contributed by atoms with Crippen molar-refractivity contribution in [3.8, 4) is 5.88 Å². The van der Waals surface area contributed by atoms with Gasteiger partial charge in [-0.25, -0.2) is 0 Å². The first kappa shape index (κ1) is 7.68. The molecule has 0 spiro atoms. The summed E-state index contributed by atoms with van der Waals surface area (Å²) in [6.07, 6.45) is 3.01. The number of rotatable bonds is 2. The van der Waals surface area contributed by atoms with Crippen LogP contribution in [0.1, 0.15) is 24.9 Å². The fraction of sp³-hybridized carbons (Fsp3) is 0.556. The lowest BCUT2D eigenvalue weighted by atomic mass is 10.1. The van der Waals surface area contributed by atoms with Crippen molar-refractivity contribution in [1.82, 2.24) is 4.57 Å². The van der Waals surface area contributed by atoms with Crippen LogP contribution in [0, 0.1) is 0 Å². The van der Waals surface area contributed by atoms with Crippen molar-refractivity contribution < 1.29 is 4.74 Å². The number of ether oxygens (including phenoxy) is 1. The summed E-state index contributed by atoms with van der Waals surface area (Å²) in [5, 5.41) is 0. The normalized spacial score (nSPS) is 17.2. The molecule has 0 aromatic carbocycles. The van der Waals surface area contributed by atoms with Gasteiger partial charge in [-0.2, -0.15) is 0 Å². The monoisotopic (exact) mass is 166 g/mol. The first-order chi connectivity index (χ1) is 5.83. The zero-order valence-electron chi connectivity index (χ0n) is 7.29. The molecule has 12 heavy (non-hydrogen) atoms. The van der Waals surface area contributed by atoms with Crippen LogP contribution < -0.4 is 10.5 Å². The molecule has 0 bridgehead atoms. The summed E-state index contributed by atoms with van der Waals surface area (Å²) < 4.78 is 7.59. The smallest absolute Gasteiger partial charge is 0.198 e. The number of aromatic nitrogens is 1. The van der Waals surface area contributed by atoms with Gasteiger partial charge in [-0.1, -0.05) is 6.92 Å². The van der Waals surface area contributed by atoms with E-state index in [4.69, 9.17) is 10.5 Å². The van der Waals surface area contributed by atoms with E-state index in [0.29, 0.717) is 0 Å². The van der Waals surface area contributed by atoms with Crippen molar-refractivity contribution in [2.24, 2.45) is 5.73 Å². The molecule has 2 heterocycles. The van der Waals surface area contributed by atoms with Crippen LogP contribution in [0.4, 0.5) is 0 Å². The summed E-state index contributed by atoms with van der Waals surface area (Å²) >= 11 is 0. The summed E-state index contributed by atoms with van der Waals surface area (Å²) in [4.78, 5) is 0. The van der Waals surface area contributed by atoms with Crippen LogP contribution in [0.2, 0.25) is 0 Å². The van der Waals surface area contributed by atoms with E-state index < -0.39 is 0 Å². The Labute approximate surface area is 72.1 Å². The summed E-state index contributed by atoms with van der Waals surface area (Å²) in [7, 11) is 0. The molecule has 1 aromatic rings. The van der Waals surface area contributed by atoms with Crippen LogP contribution in [0.15, 0.2) is 12.3 Å². The molecule has 3 heteroatoms. The van der Waals surface area contributed by atoms with E-state index in [-0.39, 0.29) is 6.04 Å². The SMILES string of the molecule is CCC(N)c1ccn2c1OCC2. The standard InChI is InChI=1S/C9H14N2O/c1-2-8(10)7-3-4-11-5-6-12-9(7)11/h3-4,8H,2,5-6,10H2,1H3. The van der Waals surface area contributed by atoms with E-state index in [2.05, 4.69) is 17.6 Å². The lowest BCUT2D eigenvalue weighted by Gasteiger charge is -2.07. The molecule has 1 aliphatic rings. The highest BCUT2D eigenvalue weighted by Crippen LogP contribution is 2.29. The van der Waals surface area contributed by atoms with Crippen molar-refractivity contribution in [1.29, 1.82) is 0 Å². The van der Waals surface area contributed by atoms with Crippen LogP contribution >= 0.6 is 0 Å². The fourth-order valence-electron chi connectivity index (χ4n) is 1.56. The Balaban J connectivity index is 2.33. The predicted molar refractivity (Wildman–Crippen MR) is 47.1 cm³/mol. The topological polar surface area (TPSA) is 40.2 Å². The second-order valence-electron chi connectivity index (χ2n) is 3.13. The van der Waals surface area contributed by atoms with E-state index in [1.807, 2.05) is 6.20 Å². The van der Waals surface area contributed by atoms with Crippen molar-refractivity contribution in [2.75, 3.05) is 6.61 Å². The van der Waals surface area contributed by atoms with Gasteiger partial charge in [-0.3, -0.25) is 0 Å². The molecule has 1 aliphatic heterocycles. The van der Waals surface area contributed by atoms with Gasteiger partial charge in [0.25, 0.3) is 0 Å². The second-order valence-corrected chi connectivity index (χ2v) is 3.13. The average molecular weight is 166 g/mol. The van der Waals surface area contributed by atoms with Crippen LogP contribution in [0.5, 0.6) is 5.88 Å². The summed E-state index contributed by atoms with van der Waals surface area (Å²) in [6, 6.07) is 2.18. The molecule has 66 valence electrons. The van der Waals surface area contributed by atoms with E-state index in [0.717, 1.165) is 31.0 Å². The first-order valence-corrected chi connectivity index (χ1v) is 4.40. The molecule has 0 saturated carbocycles. The molecule has 3 nitrogen and oxygen atoms in total. The van der Waals surface area contributed by atoms with E-state index >= 15 is 0 Å². The Morgan fingerprint density at radius 3 is 3.33 bits per heavy atom. The zero-order chi connectivity index (χ0) is 8.55. The molecular formula is C9H14N2O. The molecule has 1 unspecified atom stereocenters. The van der Waals surface area contributed by atoms with Crippen molar-refractivity contribution in [2.45, 2.75) is 25.9 Å². The molecule has 2 rings (SSSR count). The van der Waals surface area contributed by atoms with E-state index in [1.165, 1.54) is 0 Å². The van der Waals surface area contributed by atoms with Gasteiger partial charge in [-0.05, 0) is 12.5 Å². The minimum Gasteiger partial charge on any atom is -0.477 e. The molecule has 0 aliphatic carbocycles. The van der Waals surface area contributed by atoms with Crippen LogP contribution in [-0.2, 0) is 6.54 Å². The second kappa shape index (κ2) is 2.83. The van der Waals surface area contributed by atoms with Gasteiger partial charge in [0.05, 0.1) is 6.54 Å².